The smallest absolute Gasteiger partial charge is 0.759 e. The standard InChI is InChI=1S/C18H24O2.2Na.H2O4S/c1-18-9-8-14-13-5-3-12(19)10-11(13)2-4-15(14)16(18)6-7-17(18)20;;;1-5(2,3)4/h3,5,10,14-17,19-20H,2,4,6-9H2,1H3;;;(H2,1,2,3,4)/q;2*+1;/p-2/t14?,15?,16?,17-,18+;;;/m1.../s1. The molecule has 0 aromatic heterocycles. The molecule has 0 aliphatic heterocycles. The van der Waals surface area contributed by atoms with Gasteiger partial charge in [0.2, 0.25) is 0 Å². The zero-order valence-corrected chi connectivity index (χ0v) is 21.0. The Labute approximate surface area is 205 Å². The SMILES string of the molecule is C[C@]12CCC3c4ccc(O)cc4CCC3C1CC[C@H]2O.O=S(=O)([O-])[O-].[Na+].[Na+]. The van der Waals surface area contributed by atoms with Crippen molar-refractivity contribution in [2.45, 2.75) is 57.5 Å². The molecule has 6 nitrogen and oxygen atoms in total. The third-order valence-electron chi connectivity index (χ3n) is 6.66. The molecule has 0 amide bonds. The number of phenolic OH excluding ortho intramolecular Hbond substituents is 1. The average Bonchev–Trinajstić information content (AvgIpc) is 2.81. The van der Waals surface area contributed by atoms with Crippen LogP contribution in [0, 0.1) is 17.3 Å². The molecule has 27 heavy (non-hydrogen) atoms. The van der Waals surface area contributed by atoms with E-state index in [1.807, 2.05) is 12.1 Å². The summed E-state index contributed by atoms with van der Waals surface area (Å²) >= 11 is 0. The Morgan fingerprint density at radius 1 is 1.11 bits per heavy atom. The fraction of sp³-hybridized carbons (Fsp3) is 0.667. The average molecular weight is 414 g/mol. The molecule has 4 rings (SSSR count). The van der Waals surface area contributed by atoms with Gasteiger partial charge in [-0.15, -0.1) is 0 Å². The van der Waals surface area contributed by atoms with E-state index in [1.54, 1.807) is 0 Å². The molecule has 1 aromatic carbocycles. The number of aliphatic hydroxyl groups is 1. The van der Waals surface area contributed by atoms with Crippen molar-refractivity contribution in [1.29, 1.82) is 0 Å². The van der Waals surface area contributed by atoms with Crippen LogP contribution in [-0.2, 0) is 16.8 Å². The Morgan fingerprint density at radius 3 is 2.37 bits per heavy atom. The molecule has 9 heteroatoms. The Balaban J connectivity index is 0.000000468. The number of aromatic hydroxyl groups is 1. The third-order valence-corrected chi connectivity index (χ3v) is 6.66. The van der Waals surface area contributed by atoms with Crippen LogP contribution >= 0.6 is 0 Å². The van der Waals surface area contributed by atoms with Crippen LogP contribution in [0.5, 0.6) is 5.75 Å². The minimum Gasteiger partial charge on any atom is -0.759 e. The molecule has 3 unspecified atom stereocenters. The van der Waals surface area contributed by atoms with Crippen molar-refractivity contribution in [3.8, 4) is 5.75 Å². The summed E-state index contributed by atoms with van der Waals surface area (Å²) in [6.45, 7) is 2.32. The van der Waals surface area contributed by atoms with E-state index < -0.39 is 10.4 Å². The number of aliphatic hydroxyl groups excluding tert-OH is 1. The van der Waals surface area contributed by atoms with Gasteiger partial charge in [-0.3, -0.25) is 8.42 Å². The maximum absolute atomic E-state index is 10.4. The first-order valence-electron chi connectivity index (χ1n) is 8.76. The van der Waals surface area contributed by atoms with Crippen molar-refractivity contribution in [3.05, 3.63) is 29.3 Å². The van der Waals surface area contributed by atoms with Crippen LogP contribution in [0.4, 0.5) is 0 Å². The molecular formula is C18H24Na2O6S. The fourth-order valence-corrected chi connectivity index (χ4v) is 5.54. The molecule has 0 heterocycles. The largest absolute Gasteiger partial charge is 1.00 e. The predicted molar refractivity (Wildman–Crippen MR) is 89.2 cm³/mol. The molecule has 0 radical (unpaired) electrons. The summed E-state index contributed by atoms with van der Waals surface area (Å²) in [7, 11) is -5.17. The predicted octanol–water partition coefficient (Wildman–Crippen LogP) is -3.72. The van der Waals surface area contributed by atoms with E-state index in [2.05, 4.69) is 13.0 Å². The van der Waals surface area contributed by atoms with Gasteiger partial charge >= 0.3 is 59.1 Å². The number of fused-ring (bicyclic) bond motifs is 5. The van der Waals surface area contributed by atoms with Gasteiger partial charge in [0.25, 0.3) is 0 Å². The second-order valence-corrected chi connectivity index (χ2v) is 8.66. The first kappa shape index (κ1) is 25.9. The summed E-state index contributed by atoms with van der Waals surface area (Å²) in [5.41, 5.74) is 2.99. The molecule has 0 saturated heterocycles. The molecule has 1 aromatic rings. The van der Waals surface area contributed by atoms with Crippen molar-refractivity contribution in [2.75, 3.05) is 0 Å². The quantitative estimate of drug-likeness (QED) is 0.256. The second-order valence-electron chi connectivity index (χ2n) is 7.84. The van der Waals surface area contributed by atoms with Crippen LogP contribution < -0.4 is 59.1 Å². The van der Waals surface area contributed by atoms with E-state index in [-0.39, 0.29) is 70.6 Å². The third kappa shape index (κ3) is 5.72. The summed E-state index contributed by atoms with van der Waals surface area (Å²) in [6.07, 6.45) is 6.78. The van der Waals surface area contributed by atoms with Crippen LogP contribution in [0.3, 0.4) is 0 Å². The molecule has 2 N–H and O–H groups in total. The number of rotatable bonds is 0. The van der Waals surface area contributed by atoms with Crippen molar-refractivity contribution in [1.82, 2.24) is 0 Å². The number of hydrogen-bond donors (Lipinski definition) is 2. The van der Waals surface area contributed by atoms with Crippen LogP contribution in [0.1, 0.15) is 56.1 Å². The van der Waals surface area contributed by atoms with Crippen LogP contribution in [0.15, 0.2) is 18.2 Å². The van der Waals surface area contributed by atoms with Crippen molar-refractivity contribution >= 4 is 10.4 Å². The molecule has 5 atom stereocenters. The first-order chi connectivity index (χ1) is 11.6. The monoisotopic (exact) mass is 414 g/mol. The minimum atomic E-state index is -5.17. The number of hydrogen-bond acceptors (Lipinski definition) is 6. The van der Waals surface area contributed by atoms with Crippen LogP contribution in [0.25, 0.3) is 0 Å². The Kier molecular flexibility index (Phi) is 9.37. The summed E-state index contributed by atoms with van der Waals surface area (Å²) < 4.78 is 34.1. The Hall–Kier alpha value is 0.850. The molecule has 0 bridgehead atoms. The van der Waals surface area contributed by atoms with Crippen molar-refractivity contribution in [3.63, 3.8) is 0 Å². The summed E-state index contributed by atoms with van der Waals surface area (Å²) in [5, 5.41) is 20.0. The van der Waals surface area contributed by atoms with Gasteiger partial charge in [0.15, 0.2) is 0 Å². The molecule has 140 valence electrons. The van der Waals surface area contributed by atoms with Gasteiger partial charge in [0.05, 0.1) is 6.10 Å². The molecule has 3 aliphatic carbocycles. The van der Waals surface area contributed by atoms with E-state index >= 15 is 0 Å². The number of phenols is 1. The summed E-state index contributed by atoms with van der Waals surface area (Å²) in [5.74, 6) is 2.49. The molecule has 2 saturated carbocycles. The van der Waals surface area contributed by atoms with Crippen molar-refractivity contribution in [2.24, 2.45) is 17.3 Å². The van der Waals surface area contributed by atoms with E-state index in [0.717, 1.165) is 25.2 Å². The van der Waals surface area contributed by atoms with Gasteiger partial charge in [0.1, 0.15) is 5.75 Å². The van der Waals surface area contributed by atoms with Gasteiger partial charge in [-0.25, -0.2) is 0 Å². The van der Waals surface area contributed by atoms with Crippen LogP contribution in [0.2, 0.25) is 0 Å². The van der Waals surface area contributed by atoms with Gasteiger partial charge in [0, 0.05) is 10.4 Å². The molecule has 2 fully saturated rings. The van der Waals surface area contributed by atoms with Gasteiger partial charge in [-0.1, -0.05) is 13.0 Å². The summed E-state index contributed by atoms with van der Waals surface area (Å²) in [6, 6.07) is 5.96. The fourth-order valence-electron chi connectivity index (χ4n) is 5.54. The zero-order valence-electron chi connectivity index (χ0n) is 16.2. The molecule has 0 spiro atoms. The Bertz CT molecular complexity index is 748. The minimum absolute atomic E-state index is 0. The van der Waals surface area contributed by atoms with Crippen LogP contribution in [-0.4, -0.2) is 33.8 Å². The van der Waals surface area contributed by atoms with E-state index in [1.165, 1.54) is 30.4 Å². The summed E-state index contributed by atoms with van der Waals surface area (Å²) in [4.78, 5) is 0. The maximum Gasteiger partial charge on any atom is 1.00 e. The first-order valence-corrected chi connectivity index (χ1v) is 10.1. The van der Waals surface area contributed by atoms with Gasteiger partial charge < -0.3 is 19.3 Å². The van der Waals surface area contributed by atoms with E-state index in [4.69, 9.17) is 17.5 Å². The number of aryl methyl sites for hydroxylation is 1. The number of benzene rings is 1. The van der Waals surface area contributed by atoms with Crippen molar-refractivity contribution < 1.29 is 86.9 Å². The topological polar surface area (TPSA) is 121 Å². The van der Waals surface area contributed by atoms with E-state index in [0.29, 0.717) is 17.6 Å². The Morgan fingerprint density at radius 2 is 1.74 bits per heavy atom. The van der Waals surface area contributed by atoms with E-state index in [9.17, 15) is 10.2 Å². The second kappa shape index (κ2) is 9.77. The molecular weight excluding hydrogens is 390 g/mol. The van der Waals surface area contributed by atoms with Gasteiger partial charge in [-0.05, 0) is 85.0 Å². The normalized spacial score (nSPS) is 33.8. The zero-order chi connectivity index (χ0) is 18.4. The maximum atomic E-state index is 10.4. The van der Waals surface area contributed by atoms with Gasteiger partial charge in [-0.2, -0.15) is 0 Å². The molecule has 3 aliphatic rings.